The number of thioether (sulfide) groups is 1. The van der Waals surface area contributed by atoms with Crippen molar-refractivity contribution in [1.29, 1.82) is 0 Å². The van der Waals surface area contributed by atoms with Gasteiger partial charge in [0.25, 0.3) is 0 Å². The summed E-state index contributed by atoms with van der Waals surface area (Å²) in [6, 6.07) is 22.7. The topological polar surface area (TPSA) is 61.5 Å². The maximum Gasteiger partial charge on any atom is 0.167 e. The molecule has 184 valence electrons. The van der Waals surface area contributed by atoms with Crippen molar-refractivity contribution >= 4 is 40.0 Å². The highest BCUT2D eigenvalue weighted by Gasteiger charge is 2.14. The molecule has 1 aromatic heterocycles. The number of carbonyl (C=O) groups excluding carboxylic acids is 1. The van der Waals surface area contributed by atoms with Crippen LogP contribution in [0.5, 0.6) is 0 Å². The summed E-state index contributed by atoms with van der Waals surface area (Å²) in [5, 5.41) is 0. The molecule has 2 aliphatic rings. The van der Waals surface area contributed by atoms with Gasteiger partial charge in [-0.3, -0.25) is 4.79 Å². The third-order valence-corrected chi connectivity index (χ3v) is 7.94. The lowest BCUT2D eigenvalue weighted by atomic mass is 10.0. The predicted octanol–water partition coefficient (Wildman–Crippen LogP) is 5.05. The molecule has 7 heteroatoms. The van der Waals surface area contributed by atoms with Gasteiger partial charge in [0, 0.05) is 66.6 Å². The van der Waals surface area contributed by atoms with Crippen molar-refractivity contribution < 1.29 is 9.53 Å². The SMILES string of the molecule is O=C(Cc1ccc2nc(-c3ccc(N4CCSCC4)cc3)[nH]c2c1)c1ccc(N2CCOCC2)cc1. The van der Waals surface area contributed by atoms with E-state index in [0.717, 1.165) is 78.6 Å². The van der Waals surface area contributed by atoms with Crippen LogP contribution < -0.4 is 9.80 Å². The molecule has 0 saturated carbocycles. The normalized spacial score (nSPS) is 16.4. The first-order chi connectivity index (χ1) is 17.7. The molecule has 0 amide bonds. The Morgan fingerprint density at radius 1 is 0.861 bits per heavy atom. The molecule has 0 radical (unpaired) electrons. The van der Waals surface area contributed by atoms with Gasteiger partial charge in [-0.15, -0.1) is 0 Å². The van der Waals surface area contributed by atoms with Crippen molar-refractivity contribution in [3.8, 4) is 11.4 Å². The van der Waals surface area contributed by atoms with Crippen molar-refractivity contribution in [2.45, 2.75) is 6.42 Å². The average Bonchev–Trinajstić information content (AvgIpc) is 3.38. The number of rotatable bonds is 6. The van der Waals surface area contributed by atoms with Crippen molar-refractivity contribution in [2.24, 2.45) is 0 Å². The van der Waals surface area contributed by atoms with E-state index >= 15 is 0 Å². The number of nitrogens with one attached hydrogen (secondary N) is 1. The van der Waals surface area contributed by atoms with Gasteiger partial charge >= 0.3 is 0 Å². The fourth-order valence-electron chi connectivity index (χ4n) is 4.92. The van der Waals surface area contributed by atoms with E-state index in [-0.39, 0.29) is 5.78 Å². The number of morpholine rings is 1. The van der Waals surface area contributed by atoms with Crippen LogP contribution >= 0.6 is 11.8 Å². The number of ketones is 1. The summed E-state index contributed by atoms with van der Waals surface area (Å²) < 4.78 is 5.43. The standard InChI is InChI=1S/C29H30N4O2S/c34-28(22-2-6-24(7-3-22)32-11-15-35-16-12-32)20-21-1-10-26-27(19-21)31-29(30-26)23-4-8-25(9-5-23)33-13-17-36-18-14-33/h1-10,19H,11-18,20H2,(H,30,31). The largest absolute Gasteiger partial charge is 0.378 e. The van der Waals surface area contributed by atoms with Crippen LogP contribution in [0.4, 0.5) is 11.4 Å². The van der Waals surface area contributed by atoms with Crippen LogP contribution in [-0.2, 0) is 11.2 Å². The molecule has 0 spiro atoms. The highest BCUT2D eigenvalue weighted by atomic mass is 32.2. The molecular weight excluding hydrogens is 468 g/mol. The van der Waals surface area contributed by atoms with Crippen molar-refractivity contribution in [3.05, 3.63) is 77.9 Å². The molecule has 3 heterocycles. The average molecular weight is 499 g/mol. The molecule has 0 bridgehead atoms. The van der Waals surface area contributed by atoms with Crippen LogP contribution in [0.25, 0.3) is 22.4 Å². The van der Waals surface area contributed by atoms with Gasteiger partial charge in [0.05, 0.1) is 24.2 Å². The van der Waals surface area contributed by atoms with Gasteiger partial charge in [-0.25, -0.2) is 4.98 Å². The number of imidazole rings is 1. The second-order valence-corrected chi connectivity index (χ2v) is 10.6. The maximum absolute atomic E-state index is 13.0. The van der Waals surface area contributed by atoms with E-state index in [1.807, 2.05) is 54.2 Å². The highest BCUT2D eigenvalue weighted by molar-refractivity contribution is 7.99. The molecule has 0 aliphatic carbocycles. The zero-order chi connectivity index (χ0) is 24.3. The lowest BCUT2D eigenvalue weighted by Crippen LogP contribution is -2.36. The lowest BCUT2D eigenvalue weighted by molar-refractivity contribution is 0.0993. The number of hydrogen-bond acceptors (Lipinski definition) is 6. The van der Waals surface area contributed by atoms with Crippen molar-refractivity contribution in [1.82, 2.24) is 9.97 Å². The number of fused-ring (bicyclic) bond motifs is 1. The van der Waals surface area contributed by atoms with E-state index in [4.69, 9.17) is 9.72 Å². The highest BCUT2D eigenvalue weighted by Crippen LogP contribution is 2.26. The second-order valence-electron chi connectivity index (χ2n) is 9.33. The minimum absolute atomic E-state index is 0.120. The Morgan fingerprint density at radius 2 is 1.53 bits per heavy atom. The van der Waals surface area contributed by atoms with E-state index in [9.17, 15) is 4.79 Å². The predicted molar refractivity (Wildman–Crippen MR) is 149 cm³/mol. The molecule has 4 aromatic rings. The summed E-state index contributed by atoms with van der Waals surface area (Å²) in [5.74, 6) is 3.36. The van der Waals surface area contributed by atoms with E-state index in [0.29, 0.717) is 6.42 Å². The molecule has 6 nitrogen and oxygen atoms in total. The van der Waals surface area contributed by atoms with E-state index in [2.05, 4.69) is 39.0 Å². The third-order valence-electron chi connectivity index (χ3n) is 6.99. The molecule has 1 N–H and O–H groups in total. The van der Waals surface area contributed by atoms with Gasteiger partial charge in [-0.1, -0.05) is 6.07 Å². The Bertz CT molecular complexity index is 1340. The van der Waals surface area contributed by atoms with E-state index in [1.54, 1.807) is 0 Å². The van der Waals surface area contributed by atoms with Gasteiger partial charge in [-0.05, 0) is 66.2 Å². The summed E-state index contributed by atoms with van der Waals surface area (Å²) in [6.45, 7) is 5.49. The number of aromatic nitrogens is 2. The summed E-state index contributed by atoms with van der Waals surface area (Å²) in [4.78, 5) is 25.9. The smallest absolute Gasteiger partial charge is 0.167 e. The number of Topliss-reactive ketones (excluding diaryl/α,β-unsaturated/α-hetero) is 1. The number of anilines is 2. The Morgan fingerprint density at radius 3 is 2.25 bits per heavy atom. The molecule has 3 aromatic carbocycles. The summed E-state index contributed by atoms with van der Waals surface area (Å²) >= 11 is 2.02. The first kappa shape index (κ1) is 23.1. The minimum atomic E-state index is 0.120. The van der Waals surface area contributed by atoms with E-state index < -0.39 is 0 Å². The van der Waals surface area contributed by atoms with Crippen LogP contribution in [0.15, 0.2) is 66.7 Å². The maximum atomic E-state index is 13.0. The summed E-state index contributed by atoms with van der Waals surface area (Å²) in [5.41, 5.74) is 7.07. The number of aromatic amines is 1. The summed E-state index contributed by atoms with van der Waals surface area (Å²) in [6.07, 6.45) is 0.365. The Labute approximate surface area is 215 Å². The molecule has 6 rings (SSSR count). The Kier molecular flexibility index (Phi) is 6.66. The van der Waals surface area contributed by atoms with Crippen molar-refractivity contribution in [2.75, 3.05) is 60.7 Å². The van der Waals surface area contributed by atoms with Crippen LogP contribution in [0.2, 0.25) is 0 Å². The molecule has 2 saturated heterocycles. The first-order valence-corrected chi connectivity index (χ1v) is 13.8. The van der Waals surface area contributed by atoms with Gasteiger partial charge in [0.2, 0.25) is 0 Å². The molecule has 0 unspecified atom stereocenters. The number of hydrogen-bond donors (Lipinski definition) is 1. The molecule has 2 fully saturated rings. The zero-order valence-electron chi connectivity index (χ0n) is 20.3. The number of benzene rings is 3. The van der Waals surface area contributed by atoms with Gasteiger partial charge in [0.1, 0.15) is 5.82 Å². The van der Waals surface area contributed by atoms with Crippen molar-refractivity contribution in [3.63, 3.8) is 0 Å². The zero-order valence-corrected chi connectivity index (χ0v) is 21.1. The second kappa shape index (κ2) is 10.4. The molecule has 36 heavy (non-hydrogen) atoms. The van der Waals surface area contributed by atoms with Crippen LogP contribution in [-0.4, -0.2) is 66.6 Å². The lowest BCUT2D eigenvalue weighted by Gasteiger charge is -2.28. The monoisotopic (exact) mass is 498 g/mol. The fourth-order valence-corrected chi connectivity index (χ4v) is 5.83. The van der Waals surface area contributed by atoms with Gasteiger partial charge < -0.3 is 19.5 Å². The van der Waals surface area contributed by atoms with Crippen LogP contribution in [0.1, 0.15) is 15.9 Å². The quantitative estimate of drug-likeness (QED) is 0.376. The molecule has 0 atom stereocenters. The van der Waals surface area contributed by atoms with Gasteiger partial charge in [0.15, 0.2) is 5.78 Å². The van der Waals surface area contributed by atoms with Gasteiger partial charge in [-0.2, -0.15) is 11.8 Å². The number of nitrogens with zero attached hydrogens (tertiary/aromatic N) is 3. The van der Waals surface area contributed by atoms with Crippen LogP contribution in [0, 0.1) is 0 Å². The fraction of sp³-hybridized carbons (Fsp3) is 0.310. The van der Waals surface area contributed by atoms with E-state index in [1.165, 1.54) is 17.2 Å². The van der Waals surface area contributed by atoms with Crippen LogP contribution in [0.3, 0.4) is 0 Å². The number of H-pyrrole nitrogens is 1. The minimum Gasteiger partial charge on any atom is -0.378 e. The number of carbonyl (C=O) groups is 1. The molecule has 2 aliphatic heterocycles. The summed E-state index contributed by atoms with van der Waals surface area (Å²) in [7, 11) is 0. The molecular formula is C29H30N4O2S. The first-order valence-electron chi connectivity index (χ1n) is 12.6. The number of ether oxygens (including phenoxy) is 1. The third kappa shape index (κ3) is 4.99. The Hall–Kier alpha value is -3.29. The Balaban J connectivity index is 1.14.